The maximum atomic E-state index is 12.1. The van der Waals surface area contributed by atoms with Crippen molar-refractivity contribution in [3.63, 3.8) is 0 Å². The van der Waals surface area contributed by atoms with Crippen molar-refractivity contribution >= 4 is 11.9 Å². The lowest BCUT2D eigenvalue weighted by molar-refractivity contribution is -0.131. The van der Waals surface area contributed by atoms with Crippen LogP contribution in [0, 0.1) is 0 Å². The summed E-state index contributed by atoms with van der Waals surface area (Å²) in [6, 6.07) is 6.86. The molecule has 0 bridgehead atoms. The van der Waals surface area contributed by atoms with Gasteiger partial charge < -0.3 is 15.3 Å². The summed E-state index contributed by atoms with van der Waals surface area (Å²) in [5.74, 6) is -0.831. The molecule has 2 N–H and O–H groups in total. The summed E-state index contributed by atoms with van der Waals surface area (Å²) in [7, 11) is 1.77. The largest absolute Gasteiger partial charge is 0.478 e. The minimum absolute atomic E-state index is 0.0743. The number of carbonyl (C=O) groups excluding carboxylic acids is 1. The Kier molecular flexibility index (Phi) is 4.74. The molecule has 1 heterocycles. The standard InChI is InChI=1S/C15H20N2O3/c1-17(14(18)13-7-4-9-16-13)10-8-11-5-2-3-6-12(11)15(19)20/h2-3,5-6,13,16H,4,7-10H2,1H3,(H,19,20)/t13-/m0/s1. The first-order valence-electron chi connectivity index (χ1n) is 6.89. The molecule has 1 fully saturated rings. The van der Waals surface area contributed by atoms with E-state index >= 15 is 0 Å². The molecular weight excluding hydrogens is 256 g/mol. The van der Waals surface area contributed by atoms with Gasteiger partial charge in [-0.15, -0.1) is 0 Å². The molecule has 1 aromatic carbocycles. The second-order valence-electron chi connectivity index (χ2n) is 5.12. The van der Waals surface area contributed by atoms with Crippen LogP contribution < -0.4 is 5.32 Å². The number of hydrogen-bond acceptors (Lipinski definition) is 3. The van der Waals surface area contributed by atoms with Crippen LogP contribution in [0.25, 0.3) is 0 Å². The van der Waals surface area contributed by atoms with E-state index in [0.717, 1.165) is 24.9 Å². The third-order valence-corrected chi connectivity index (χ3v) is 3.70. The van der Waals surface area contributed by atoms with E-state index in [1.54, 1.807) is 30.1 Å². The van der Waals surface area contributed by atoms with Crippen LogP contribution in [0.1, 0.15) is 28.8 Å². The van der Waals surface area contributed by atoms with Crippen molar-refractivity contribution in [2.45, 2.75) is 25.3 Å². The lowest BCUT2D eigenvalue weighted by Gasteiger charge is -2.21. The van der Waals surface area contributed by atoms with Crippen LogP contribution in [0.5, 0.6) is 0 Å². The van der Waals surface area contributed by atoms with Gasteiger partial charge in [0.05, 0.1) is 11.6 Å². The highest BCUT2D eigenvalue weighted by Gasteiger charge is 2.24. The van der Waals surface area contributed by atoms with Crippen molar-refractivity contribution in [2.24, 2.45) is 0 Å². The molecule has 0 aliphatic carbocycles. The molecule has 0 aromatic heterocycles. The summed E-state index contributed by atoms with van der Waals surface area (Å²) >= 11 is 0. The fraction of sp³-hybridized carbons (Fsp3) is 0.467. The van der Waals surface area contributed by atoms with Crippen molar-refractivity contribution in [1.29, 1.82) is 0 Å². The Hall–Kier alpha value is -1.88. The molecule has 0 unspecified atom stereocenters. The minimum atomic E-state index is -0.924. The lowest BCUT2D eigenvalue weighted by Crippen LogP contribution is -2.42. The van der Waals surface area contributed by atoms with E-state index in [4.69, 9.17) is 5.11 Å². The predicted octanol–water partition coefficient (Wildman–Crippen LogP) is 1.14. The SMILES string of the molecule is CN(CCc1ccccc1C(=O)O)C(=O)[C@@H]1CCCN1. The fourth-order valence-corrected chi connectivity index (χ4v) is 2.51. The highest BCUT2D eigenvalue weighted by Crippen LogP contribution is 2.12. The third kappa shape index (κ3) is 3.36. The van der Waals surface area contributed by atoms with E-state index in [9.17, 15) is 9.59 Å². The van der Waals surface area contributed by atoms with Gasteiger partial charge in [0.25, 0.3) is 0 Å². The smallest absolute Gasteiger partial charge is 0.335 e. The number of hydrogen-bond donors (Lipinski definition) is 2. The Morgan fingerprint density at radius 2 is 2.15 bits per heavy atom. The van der Waals surface area contributed by atoms with Crippen LogP contribution in [0.3, 0.4) is 0 Å². The zero-order chi connectivity index (χ0) is 14.5. The molecule has 1 saturated heterocycles. The minimum Gasteiger partial charge on any atom is -0.478 e. The number of amides is 1. The molecule has 1 aromatic rings. The van der Waals surface area contributed by atoms with Gasteiger partial charge in [-0.3, -0.25) is 4.79 Å². The Labute approximate surface area is 118 Å². The first-order chi connectivity index (χ1) is 9.59. The van der Waals surface area contributed by atoms with Gasteiger partial charge in [0.2, 0.25) is 5.91 Å². The number of benzene rings is 1. The fourth-order valence-electron chi connectivity index (χ4n) is 2.51. The summed E-state index contributed by atoms with van der Waals surface area (Å²) in [6.45, 7) is 1.42. The zero-order valence-electron chi connectivity index (χ0n) is 11.6. The van der Waals surface area contributed by atoms with Crippen LogP contribution in [-0.4, -0.2) is 48.1 Å². The van der Waals surface area contributed by atoms with Crippen molar-refractivity contribution in [3.8, 4) is 0 Å². The van der Waals surface area contributed by atoms with Crippen molar-refractivity contribution in [1.82, 2.24) is 10.2 Å². The molecule has 5 heteroatoms. The molecule has 0 saturated carbocycles. The molecule has 2 rings (SSSR count). The Bertz CT molecular complexity index is 496. The molecule has 108 valence electrons. The highest BCUT2D eigenvalue weighted by atomic mass is 16.4. The quantitative estimate of drug-likeness (QED) is 0.846. The van der Waals surface area contributed by atoms with Gasteiger partial charge >= 0.3 is 5.97 Å². The Balaban J connectivity index is 1.94. The molecule has 1 atom stereocenters. The topological polar surface area (TPSA) is 69.6 Å². The van der Waals surface area contributed by atoms with Gasteiger partial charge in [-0.2, -0.15) is 0 Å². The van der Waals surface area contributed by atoms with E-state index < -0.39 is 5.97 Å². The maximum Gasteiger partial charge on any atom is 0.335 e. The van der Waals surface area contributed by atoms with Gasteiger partial charge in [-0.1, -0.05) is 18.2 Å². The highest BCUT2D eigenvalue weighted by molar-refractivity contribution is 5.89. The van der Waals surface area contributed by atoms with Crippen LogP contribution >= 0.6 is 0 Å². The number of carboxylic acid groups (broad SMARTS) is 1. The van der Waals surface area contributed by atoms with E-state index in [0.29, 0.717) is 18.5 Å². The number of nitrogens with zero attached hydrogens (tertiary/aromatic N) is 1. The van der Waals surface area contributed by atoms with Gasteiger partial charge in [0, 0.05) is 13.6 Å². The lowest BCUT2D eigenvalue weighted by atomic mass is 10.0. The molecule has 5 nitrogen and oxygen atoms in total. The van der Waals surface area contributed by atoms with Crippen LogP contribution in [0.4, 0.5) is 0 Å². The van der Waals surface area contributed by atoms with Gasteiger partial charge in [0.1, 0.15) is 0 Å². The summed E-state index contributed by atoms with van der Waals surface area (Å²) < 4.78 is 0. The second kappa shape index (κ2) is 6.52. The molecule has 1 aliphatic heterocycles. The number of rotatable bonds is 5. The van der Waals surface area contributed by atoms with E-state index in [1.807, 2.05) is 6.07 Å². The number of carbonyl (C=O) groups is 2. The van der Waals surface area contributed by atoms with Crippen molar-refractivity contribution in [3.05, 3.63) is 35.4 Å². The average Bonchev–Trinajstić information content (AvgIpc) is 2.98. The van der Waals surface area contributed by atoms with E-state index in [2.05, 4.69) is 5.32 Å². The summed E-state index contributed by atoms with van der Waals surface area (Å²) in [5.41, 5.74) is 1.08. The predicted molar refractivity (Wildman–Crippen MR) is 75.8 cm³/mol. The number of nitrogens with one attached hydrogen (secondary N) is 1. The first kappa shape index (κ1) is 14.5. The maximum absolute atomic E-state index is 12.1. The first-order valence-corrected chi connectivity index (χ1v) is 6.89. The summed E-state index contributed by atoms with van der Waals surface area (Å²) in [4.78, 5) is 24.9. The normalized spacial score (nSPS) is 17.9. The zero-order valence-corrected chi connectivity index (χ0v) is 11.6. The number of carboxylic acids is 1. The summed E-state index contributed by atoms with van der Waals surface area (Å²) in [5, 5.41) is 12.3. The van der Waals surface area contributed by atoms with E-state index in [-0.39, 0.29) is 11.9 Å². The molecule has 1 aliphatic rings. The van der Waals surface area contributed by atoms with Crippen LogP contribution in [0.15, 0.2) is 24.3 Å². The Morgan fingerprint density at radius 1 is 1.40 bits per heavy atom. The molecule has 0 spiro atoms. The number of aromatic carboxylic acids is 1. The van der Waals surface area contributed by atoms with Gasteiger partial charge in [-0.05, 0) is 37.4 Å². The molecule has 1 amide bonds. The summed E-state index contributed by atoms with van der Waals surface area (Å²) in [6.07, 6.45) is 2.47. The van der Waals surface area contributed by atoms with Gasteiger partial charge in [0.15, 0.2) is 0 Å². The number of likely N-dealkylation sites (N-methyl/N-ethyl adjacent to an activating group) is 1. The molecule has 20 heavy (non-hydrogen) atoms. The monoisotopic (exact) mass is 276 g/mol. The van der Waals surface area contributed by atoms with Gasteiger partial charge in [-0.25, -0.2) is 4.79 Å². The van der Waals surface area contributed by atoms with Crippen molar-refractivity contribution < 1.29 is 14.7 Å². The van der Waals surface area contributed by atoms with Crippen LogP contribution in [-0.2, 0) is 11.2 Å². The van der Waals surface area contributed by atoms with Crippen LogP contribution in [0.2, 0.25) is 0 Å². The average molecular weight is 276 g/mol. The van der Waals surface area contributed by atoms with Crippen molar-refractivity contribution in [2.75, 3.05) is 20.1 Å². The van der Waals surface area contributed by atoms with E-state index in [1.165, 1.54) is 0 Å². The molecule has 0 radical (unpaired) electrons. The molecular formula is C15H20N2O3. The third-order valence-electron chi connectivity index (χ3n) is 3.70. The second-order valence-corrected chi connectivity index (χ2v) is 5.12. The Morgan fingerprint density at radius 3 is 2.80 bits per heavy atom.